The van der Waals surface area contributed by atoms with E-state index in [1.165, 1.54) is 0 Å². The molecule has 2 rings (SSSR count). The van der Waals surface area contributed by atoms with E-state index >= 15 is 0 Å². The highest BCUT2D eigenvalue weighted by Crippen LogP contribution is 2.23. The van der Waals surface area contributed by atoms with E-state index < -0.39 is 0 Å². The molecule has 5 heteroatoms. The molecule has 0 aromatic heterocycles. The topological polar surface area (TPSA) is 47.0 Å². The zero-order chi connectivity index (χ0) is 14.8. The van der Waals surface area contributed by atoms with Crippen LogP contribution < -0.4 is 0 Å². The Hall–Kier alpha value is -0.650. The molecule has 2 fully saturated rings. The number of rotatable bonds is 5. The maximum absolute atomic E-state index is 12.0. The first-order valence-electron chi connectivity index (χ1n) is 7.82. The lowest BCUT2D eigenvalue weighted by atomic mass is 10.0. The van der Waals surface area contributed by atoms with Crippen LogP contribution >= 0.6 is 0 Å². The molecule has 0 bridgehead atoms. The largest absolute Gasteiger partial charge is 0.396 e. The molecule has 0 saturated carbocycles. The molecule has 0 aromatic carbocycles. The maximum atomic E-state index is 12.0. The number of aliphatic hydroxyl groups is 1. The Labute approximate surface area is 122 Å². The van der Waals surface area contributed by atoms with Crippen molar-refractivity contribution in [1.29, 1.82) is 0 Å². The highest BCUT2D eigenvalue weighted by Gasteiger charge is 2.36. The molecule has 5 nitrogen and oxygen atoms in total. The molecule has 2 heterocycles. The molecule has 0 aromatic rings. The Balaban J connectivity index is 1.89. The lowest BCUT2D eigenvalue weighted by Crippen LogP contribution is -2.58. The van der Waals surface area contributed by atoms with Crippen LogP contribution in [-0.2, 0) is 4.79 Å². The Morgan fingerprint density at radius 3 is 2.40 bits per heavy atom. The predicted octanol–water partition coefficient (Wildman–Crippen LogP) is 0.243. The van der Waals surface area contributed by atoms with Gasteiger partial charge in [0.15, 0.2) is 0 Å². The van der Waals surface area contributed by atoms with Gasteiger partial charge in [-0.15, -0.1) is 0 Å². The summed E-state index contributed by atoms with van der Waals surface area (Å²) in [5, 5.41) is 9.21. The van der Waals surface area contributed by atoms with Gasteiger partial charge < -0.3 is 14.9 Å². The van der Waals surface area contributed by atoms with Crippen molar-refractivity contribution in [3.8, 4) is 0 Å². The number of hydrogen-bond acceptors (Lipinski definition) is 4. The van der Waals surface area contributed by atoms with E-state index in [1.807, 2.05) is 4.90 Å². The van der Waals surface area contributed by atoms with E-state index in [9.17, 15) is 9.90 Å². The lowest BCUT2D eigenvalue weighted by molar-refractivity contribution is -0.129. The van der Waals surface area contributed by atoms with Crippen LogP contribution in [0, 0.1) is 5.92 Å². The maximum Gasteiger partial charge on any atom is 0.223 e. The number of aliphatic hydroxyl groups excluding tert-OH is 1. The number of amides is 1. The molecule has 2 aliphatic heterocycles. The van der Waals surface area contributed by atoms with Crippen LogP contribution in [0.3, 0.4) is 0 Å². The third-order valence-electron chi connectivity index (χ3n) is 4.81. The van der Waals surface area contributed by atoms with Gasteiger partial charge in [-0.3, -0.25) is 9.69 Å². The average Bonchev–Trinajstić information content (AvgIpc) is 2.79. The number of piperazine rings is 1. The van der Waals surface area contributed by atoms with Gasteiger partial charge in [0, 0.05) is 63.8 Å². The summed E-state index contributed by atoms with van der Waals surface area (Å²) in [6, 6.07) is 0. The first kappa shape index (κ1) is 15.7. The van der Waals surface area contributed by atoms with Crippen molar-refractivity contribution < 1.29 is 9.90 Å². The first-order valence-corrected chi connectivity index (χ1v) is 7.82. The van der Waals surface area contributed by atoms with Crippen LogP contribution in [0.4, 0.5) is 0 Å². The third-order valence-corrected chi connectivity index (χ3v) is 4.81. The highest BCUT2D eigenvalue weighted by molar-refractivity contribution is 5.78. The second-order valence-corrected chi connectivity index (χ2v) is 6.76. The molecule has 0 spiro atoms. The van der Waals surface area contributed by atoms with E-state index in [2.05, 4.69) is 30.6 Å². The summed E-state index contributed by atoms with van der Waals surface area (Å²) in [6.07, 6.45) is 0.510. The van der Waals surface area contributed by atoms with Gasteiger partial charge in [-0.1, -0.05) is 6.92 Å². The molecular weight excluding hydrogens is 254 g/mol. The van der Waals surface area contributed by atoms with Crippen LogP contribution in [0.1, 0.15) is 27.2 Å². The summed E-state index contributed by atoms with van der Waals surface area (Å²) >= 11 is 0. The molecule has 0 aliphatic carbocycles. The number of carbonyl (C=O) groups is 1. The van der Waals surface area contributed by atoms with E-state index in [0.29, 0.717) is 13.0 Å². The second-order valence-electron chi connectivity index (χ2n) is 6.76. The van der Waals surface area contributed by atoms with Crippen LogP contribution in [0.25, 0.3) is 0 Å². The highest BCUT2D eigenvalue weighted by atomic mass is 16.3. The number of likely N-dealkylation sites (N-methyl/N-ethyl adjacent to an activating group) is 1. The van der Waals surface area contributed by atoms with Crippen LogP contribution in [0.5, 0.6) is 0 Å². The summed E-state index contributed by atoms with van der Waals surface area (Å²) in [4.78, 5) is 18.9. The summed E-state index contributed by atoms with van der Waals surface area (Å²) < 4.78 is 0. The fraction of sp³-hybridized carbons (Fsp3) is 0.933. The molecule has 1 atom stereocenters. The van der Waals surface area contributed by atoms with Gasteiger partial charge in [0.2, 0.25) is 5.91 Å². The molecule has 2 saturated heterocycles. The minimum Gasteiger partial charge on any atom is -0.396 e. The predicted molar refractivity (Wildman–Crippen MR) is 79.5 cm³/mol. The summed E-state index contributed by atoms with van der Waals surface area (Å²) in [6.45, 7) is 13.8. The SMILES string of the molecule is CCN1CCN(C(C)(C)CN2CC(CO)CC2=O)CC1. The van der Waals surface area contributed by atoms with E-state index in [4.69, 9.17) is 0 Å². The fourth-order valence-corrected chi connectivity index (χ4v) is 3.37. The normalized spacial score (nSPS) is 26.5. The Morgan fingerprint density at radius 1 is 1.25 bits per heavy atom. The number of carbonyl (C=O) groups excluding carboxylic acids is 1. The van der Waals surface area contributed by atoms with E-state index in [0.717, 1.165) is 39.3 Å². The zero-order valence-electron chi connectivity index (χ0n) is 13.1. The van der Waals surface area contributed by atoms with Crippen molar-refractivity contribution in [3.05, 3.63) is 0 Å². The minimum atomic E-state index is 0.0137. The van der Waals surface area contributed by atoms with Gasteiger partial charge in [0.05, 0.1) is 0 Å². The standard InChI is InChI=1S/C15H29N3O2/c1-4-16-5-7-18(8-6-16)15(2,3)12-17-10-13(11-19)9-14(17)20/h13,19H,4-12H2,1-3H3. The van der Waals surface area contributed by atoms with Crippen molar-refractivity contribution in [2.24, 2.45) is 5.92 Å². The first-order chi connectivity index (χ1) is 9.46. The molecule has 2 aliphatic rings. The number of likely N-dealkylation sites (tertiary alicyclic amines) is 1. The zero-order valence-corrected chi connectivity index (χ0v) is 13.1. The summed E-state index contributed by atoms with van der Waals surface area (Å²) in [7, 11) is 0. The smallest absolute Gasteiger partial charge is 0.223 e. The van der Waals surface area contributed by atoms with Gasteiger partial charge in [-0.05, 0) is 20.4 Å². The molecule has 1 N–H and O–H groups in total. The van der Waals surface area contributed by atoms with Gasteiger partial charge >= 0.3 is 0 Å². The molecule has 1 amide bonds. The minimum absolute atomic E-state index is 0.0137. The van der Waals surface area contributed by atoms with Gasteiger partial charge in [-0.2, -0.15) is 0 Å². The average molecular weight is 283 g/mol. The van der Waals surface area contributed by atoms with Crippen LogP contribution in [0.15, 0.2) is 0 Å². The van der Waals surface area contributed by atoms with Crippen LogP contribution in [0.2, 0.25) is 0 Å². The number of nitrogens with zero attached hydrogens (tertiary/aromatic N) is 3. The van der Waals surface area contributed by atoms with Gasteiger partial charge in [-0.25, -0.2) is 0 Å². The second kappa shape index (κ2) is 6.41. The van der Waals surface area contributed by atoms with Crippen molar-refractivity contribution in [3.63, 3.8) is 0 Å². The molecule has 1 unspecified atom stereocenters. The molecular formula is C15H29N3O2. The third kappa shape index (κ3) is 3.51. The molecule has 20 heavy (non-hydrogen) atoms. The Bertz CT molecular complexity index is 338. The fourth-order valence-electron chi connectivity index (χ4n) is 3.37. The Morgan fingerprint density at radius 2 is 1.90 bits per heavy atom. The van der Waals surface area contributed by atoms with Crippen molar-refractivity contribution in [2.75, 3.05) is 52.4 Å². The van der Waals surface area contributed by atoms with Crippen molar-refractivity contribution in [2.45, 2.75) is 32.7 Å². The van der Waals surface area contributed by atoms with E-state index in [-0.39, 0.29) is 24.0 Å². The molecule has 0 radical (unpaired) electrons. The van der Waals surface area contributed by atoms with E-state index in [1.54, 1.807) is 0 Å². The summed E-state index contributed by atoms with van der Waals surface area (Å²) in [5.41, 5.74) is 0.0137. The quantitative estimate of drug-likeness (QED) is 0.785. The lowest BCUT2D eigenvalue weighted by Gasteiger charge is -2.45. The van der Waals surface area contributed by atoms with Crippen molar-refractivity contribution in [1.82, 2.24) is 14.7 Å². The molecule has 116 valence electrons. The monoisotopic (exact) mass is 283 g/mol. The van der Waals surface area contributed by atoms with Gasteiger partial charge in [0.1, 0.15) is 0 Å². The van der Waals surface area contributed by atoms with Crippen LogP contribution in [-0.4, -0.2) is 83.7 Å². The Kier molecular flexibility index (Phi) is 5.04. The number of hydrogen-bond donors (Lipinski definition) is 1. The van der Waals surface area contributed by atoms with Gasteiger partial charge in [0.25, 0.3) is 0 Å². The summed E-state index contributed by atoms with van der Waals surface area (Å²) in [5.74, 6) is 0.333. The van der Waals surface area contributed by atoms with Crippen molar-refractivity contribution >= 4 is 5.91 Å².